The van der Waals surface area contributed by atoms with E-state index in [1.165, 1.54) is 24.3 Å². The number of piperidine rings is 1. The molecule has 1 heterocycles. The molecule has 0 radical (unpaired) electrons. The summed E-state index contributed by atoms with van der Waals surface area (Å²) >= 11 is 0. The summed E-state index contributed by atoms with van der Waals surface area (Å²) in [6.07, 6.45) is 0.948. The first kappa shape index (κ1) is 24.3. The van der Waals surface area contributed by atoms with Gasteiger partial charge in [0.25, 0.3) is 0 Å². The minimum absolute atomic E-state index is 0.0906. The van der Waals surface area contributed by atoms with E-state index in [2.05, 4.69) is 0 Å². The molecule has 0 atom stereocenters. The molecule has 3 aromatic rings. The fraction of sp³-hybridized carbons (Fsp3) is 0.296. The van der Waals surface area contributed by atoms with Crippen LogP contribution in [0.5, 0.6) is 0 Å². The smallest absolute Gasteiger partial charge is 0.181 e. The van der Waals surface area contributed by atoms with E-state index in [-0.39, 0.29) is 18.1 Å². The molecule has 1 aliphatic heterocycles. The number of ether oxygens (including phenoxy) is 1. The van der Waals surface area contributed by atoms with Crippen molar-refractivity contribution in [1.29, 1.82) is 0 Å². The normalized spacial score (nSPS) is 15.4. The summed E-state index contributed by atoms with van der Waals surface area (Å²) in [5.41, 5.74) is 3.51. The van der Waals surface area contributed by atoms with Crippen molar-refractivity contribution in [3.63, 3.8) is 0 Å². The molecule has 1 fully saturated rings. The van der Waals surface area contributed by atoms with Gasteiger partial charge in [-0.25, -0.2) is 12.8 Å². The van der Waals surface area contributed by atoms with Crippen molar-refractivity contribution in [2.75, 3.05) is 26.7 Å². The number of likely N-dealkylation sites (tertiary alicyclic amines) is 1. The average molecular weight is 482 g/mol. The molecule has 0 aliphatic carbocycles. The molecule has 1 saturated heterocycles. The van der Waals surface area contributed by atoms with Gasteiger partial charge in [-0.2, -0.15) is 0 Å². The van der Waals surface area contributed by atoms with Gasteiger partial charge in [-0.15, -0.1) is 0 Å². The number of Topliss-reactive ketones (excluding diaryl/α,β-unsaturated/α-hetero) is 1. The quantitative estimate of drug-likeness (QED) is 0.434. The number of methoxy groups -OCH3 is 1. The van der Waals surface area contributed by atoms with Gasteiger partial charge in [0.15, 0.2) is 15.6 Å². The number of rotatable bonds is 8. The Morgan fingerprint density at radius 3 is 2.03 bits per heavy atom. The summed E-state index contributed by atoms with van der Waals surface area (Å²) in [5.74, 6) is -0.470. The molecular formula is C27H28FNO4S. The molecule has 0 aromatic heterocycles. The van der Waals surface area contributed by atoms with Gasteiger partial charge in [-0.3, -0.25) is 9.69 Å². The zero-order valence-corrected chi connectivity index (χ0v) is 19.9. The van der Waals surface area contributed by atoms with Crippen LogP contribution in [0, 0.1) is 5.82 Å². The SMILES string of the molecule is COCc1ccc(-c2ccc(S(=O)(=O)C3CCN(CC(=O)c4ccc(F)cc4)CC3)cc2)cc1. The maximum absolute atomic E-state index is 13.2. The van der Waals surface area contributed by atoms with Gasteiger partial charge in [0.2, 0.25) is 0 Å². The summed E-state index contributed by atoms with van der Waals surface area (Å²) in [6, 6.07) is 20.5. The Kier molecular flexibility index (Phi) is 7.56. The lowest BCUT2D eigenvalue weighted by atomic mass is 10.0. The van der Waals surface area contributed by atoms with Crippen molar-refractivity contribution >= 4 is 15.6 Å². The standard InChI is InChI=1S/C27H28FNO4S/c1-33-19-20-2-4-21(5-3-20)22-8-12-25(13-9-22)34(31,32)26-14-16-29(17-15-26)18-27(30)23-6-10-24(28)11-7-23/h2-13,26H,14-19H2,1H3. The second-order valence-corrected chi connectivity index (χ2v) is 10.8. The number of carbonyl (C=O) groups is 1. The fourth-order valence-corrected chi connectivity index (χ4v) is 6.03. The van der Waals surface area contributed by atoms with Crippen LogP contribution >= 0.6 is 0 Å². The highest BCUT2D eigenvalue weighted by Gasteiger charge is 2.31. The number of halogens is 1. The van der Waals surface area contributed by atoms with E-state index in [4.69, 9.17) is 4.74 Å². The van der Waals surface area contributed by atoms with Gasteiger partial charge in [0.05, 0.1) is 23.3 Å². The molecule has 34 heavy (non-hydrogen) atoms. The minimum atomic E-state index is -3.45. The molecule has 0 spiro atoms. The van der Waals surface area contributed by atoms with E-state index in [9.17, 15) is 17.6 Å². The van der Waals surface area contributed by atoms with E-state index in [0.29, 0.717) is 43.0 Å². The number of hydrogen-bond acceptors (Lipinski definition) is 5. The summed E-state index contributed by atoms with van der Waals surface area (Å²) in [4.78, 5) is 14.7. The minimum Gasteiger partial charge on any atom is -0.380 e. The maximum Gasteiger partial charge on any atom is 0.181 e. The molecular weight excluding hydrogens is 453 g/mol. The second kappa shape index (κ2) is 10.6. The summed E-state index contributed by atoms with van der Waals surface area (Å²) < 4.78 is 44.6. The third kappa shape index (κ3) is 5.60. The van der Waals surface area contributed by atoms with Crippen LogP contribution in [0.15, 0.2) is 77.7 Å². The highest BCUT2D eigenvalue weighted by Crippen LogP contribution is 2.27. The van der Waals surface area contributed by atoms with Crippen LogP contribution in [-0.2, 0) is 21.2 Å². The molecule has 0 saturated carbocycles. The monoisotopic (exact) mass is 481 g/mol. The van der Waals surface area contributed by atoms with Crippen LogP contribution in [0.25, 0.3) is 11.1 Å². The number of carbonyl (C=O) groups excluding carboxylic acids is 1. The number of ketones is 1. The largest absolute Gasteiger partial charge is 0.380 e. The van der Waals surface area contributed by atoms with Crippen LogP contribution in [0.4, 0.5) is 4.39 Å². The average Bonchev–Trinajstić information content (AvgIpc) is 2.85. The second-order valence-electron chi connectivity index (χ2n) is 8.60. The Bertz CT molecular complexity index is 1220. The van der Waals surface area contributed by atoms with E-state index < -0.39 is 15.1 Å². The fourth-order valence-electron chi connectivity index (χ4n) is 4.30. The zero-order chi connectivity index (χ0) is 24.1. The van der Waals surface area contributed by atoms with Crippen molar-refractivity contribution in [3.8, 4) is 11.1 Å². The molecule has 0 amide bonds. The Hall–Kier alpha value is -2.87. The Labute approximate surface area is 200 Å². The van der Waals surface area contributed by atoms with Gasteiger partial charge in [0, 0.05) is 12.7 Å². The predicted molar refractivity (Wildman–Crippen MR) is 130 cm³/mol. The Morgan fingerprint density at radius 1 is 0.912 bits per heavy atom. The first-order valence-electron chi connectivity index (χ1n) is 11.3. The van der Waals surface area contributed by atoms with E-state index >= 15 is 0 Å². The van der Waals surface area contributed by atoms with Gasteiger partial charge in [0.1, 0.15) is 5.82 Å². The maximum atomic E-state index is 13.2. The highest BCUT2D eigenvalue weighted by molar-refractivity contribution is 7.92. The molecule has 1 aliphatic rings. The Balaban J connectivity index is 1.36. The molecule has 5 nitrogen and oxygen atoms in total. The van der Waals surface area contributed by atoms with Gasteiger partial charge in [-0.05, 0) is 79.0 Å². The van der Waals surface area contributed by atoms with Crippen molar-refractivity contribution < 1.29 is 22.3 Å². The lowest BCUT2D eigenvalue weighted by molar-refractivity contribution is 0.0916. The van der Waals surface area contributed by atoms with Crippen molar-refractivity contribution in [3.05, 3.63) is 89.7 Å². The predicted octanol–water partition coefficient (Wildman–Crippen LogP) is 4.76. The summed E-state index contributed by atoms with van der Waals surface area (Å²) in [6.45, 7) is 1.82. The molecule has 7 heteroatoms. The summed E-state index contributed by atoms with van der Waals surface area (Å²) in [7, 11) is -1.80. The van der Waals surface area contributed by atoms with E-state index in [0.717, 1.165) is 16.7 Å². The van der Waals surface area contributed by atoms with Gasteiger partial charge < -0.3 is 4.74 Å². The molecule has 3 aromatic carbocycles. The lowest BCUT2D eigenvalue weighted by Crippen LogP contribution is -2.41. The lowest BCUT2D eigenvalue weighted by Gasteiger charge is -2.31. The first-order valence-corrected chi connectivity index (χ1v) is 12.8. The van der Waals surface area contributed by atoms with Crippen LogP contribution < -0.4 is 0 Å². The topological polar surface area (TPSA) is 63.7 Å². The van der Waals surface area contributed by atoms with E-state index in [1.54, 1.807) is 19.2 Å². The molecule has 0 unspecified atom stereocenters. The number of nitrogens with zero attached hydrogens (tertiary/aromatic N) is 1. The van der Waals surface area contributed by atoms with Crippen molar-refractivity contribution in [2.24, 2.45) is 0 Å². The first-order chi connectivity index (χ1) is 16.4. The van der Waals surface area contributed by atoms with E-state index in [1.807, 2.05) is 41.3 Å². The highest BCUT2D eigenvalue weighted by atomic mass is 32.2. The molecule has 178 valence electrons. The van der Waals surface area contributed by atoms with Crippen LogP contribution in [0.1, 0.15) is 28.8 Å². The Morgan fingerprint density at radius 2 is 1.47 bits per heavy atom. The van der Waals surface area contributed by atoms with Gasteiger partial charge >= 0.3 is 0 Å². The molecule has 4 rings (SSSR count). The number of benzene rings is 3. The van der Waals surface area contributed by atoms with Crippen LogP contribution in [0.2, 0.25) is 0 Å². The third-order valence-corrected chi connectivity index (χ3v) is 8.57. The van der Waals surface area contributed by atoms with Crippen molar-refractivity contribution in [1.82, 2.24) is 4.90 Å². The van der Waals surface area contributed by atoms with Crippen LogP contribution in [0.3, 0.4) is 0 Å². The van der Waals surface area contributed by atoms with Crippen molar-refractivity contribution in [2.45, 2.75) is 29.6 Å². The molecule has 0 bridgehead atoms. The number of hydrogen-bond donors (Lipinski definition) is 0. The third-order valence-electron chi connectivity index (χ3n) is 6.29. The zero-order valence-electron chi connectivity index (χ0n) is 19.1. The number of sulfone groups is 1. The molecule has 0 N–H and O–H groups in total. The van der Waals surface area contributed by atoms with Gasteiger partial charge in [-0.1, -0.05) is 36.4 Å². The van der Waals surface area contributed by atoms with Crippen LogP contribution in [-0.4, -0.2) is 51.1 Å². The summed E-state index contributed by atoms with van der Waals surface area (Å²) in [5, 5.41) is -0.469.